The van der Waals surface area contributed by atoms with E-state index in [4.69, 9.17) is 5.26 Å². The van der Waals surface area contributed by atoms with Crippen LogP contribution >= 0.6 is 40.7 Å². The molecule has 0 spiro atoms. The van der Waals surface area contributed by atoms with Crippen LogP contribution in [-0.4, -0.2) is 36.2 Å². The Balaban J connectivity index is 0.00000242. The largest absolute Gasteiger partial charge is 0.506 e. The number of phenolic OH excluding ortho intramolecular Hbond substituents is 1. The molecule has 1 fully saturated rings. The number of rotatable bonds is 5. The van der Waals surface area contributed by atoms with Gasteiger partial charge in [-0.05, 0) is 40.9 Å². The van der Waals surface area contributed by atoms with Crippen LogP contribution in [0.2, 0.25) is 0 Å². The van der Waals surface area contributed by atoms with E-state index in [1.165, 1.54) is 0 Å². The second-order valence-corrected chi connectivity index (χ2v) is 6.03. The summed E-state index contributed by atoms with van der Waals surface area (Å²) in [4.78, 5) is 2.36. The second-order valence-electron chi connectivity index (χ2n) is 5.18. The summed E-state index contributed by atoms with van der Waals surface area (Å²) in [5.74, 6) is 0.238. The topological polar surface area (TPSA) is 59.3 Å². The van der Waals surface area contributed by atoms with E-state index in [9.17, 15) is 5.11 Å². The van der Waals surface area contributed by atoms with Crippen molar-refractivity contribution in [1.29, 1.82) is 5.26 Å². The first-order valence-electron chi connectivity index (χ1n) is 7.15. The van der Waals surface area contributed by atoms with E-state index in [2.05, 4.69) is 38.8 Å². The van der Waals surface area contributed by atoms with Crippen LogP contribution in [-0.2, 0) is 0 Å². The zero-order valence-corrected chi connectivity index (χ0v) is 16.0. The van der Waals surface area contributed by atoms with Gasteiger partial charge in [-0.25, -0.2) is 0 Å². The summed E-state index contributed by atoms with van der Waals surface area (Å²) in [6.45, 7) is 7.57. The van der Waals surface area contributed by atoms with Crippen LogP contribution in [0.5, 0.6) is 5.75 Å². The Morgan fingerprint density at radius 2 is 2.04 bits per heavy atom. The SMILES string of the molecule is C=CCC[C@@H](c1cc(C#N)cc(Br)c1O)N1CCNCC1.Cl.Cl. The summed E-state index contributed by atoms with van der Waals surface area (Å²) in [6.07, 6.45) is 3.66. The monoisotopic (exact) mass is 421 g/mol. The highest BCUT2D eigenvalue weighted by atomic mass is 79.9. The minimum atomic E-state index is 0. The van der Waals surface area contributed by atoms with Crippen LogP contribution < -0.4 is 5.32 Å². The number of hydrogen-bond donors (Lipinski definition) is 2. The van der Waals surface area contributed by atoms with Gasteiger partial charge in [0.1, 0.15) is 5.75 Å². The first-order chi connectivity index (χ1) is 10.2. The molecule has 0 saturated carbocycles. The number of benzene rings is 1. The van der Waals surface area contributed by atoms with Crippen LogP contribution in [0.4, 0.5) is 0 Å². The molecule has 1 aliphatic rings. The number of nitrogens with one attached hydrogen (secondary N) is 1. The van der Waals surface area contributed by atoms with Crippen molar-refractivity contribution >= 4 is 40.7 Å². The smallest absolute Gasteiger partial charge is 0.134 e. The lowest BCUT2D eigenvalue weighted by atomic mass is 9.97. The molecule has 0 bridgehead atoms. The Kier molecular flexibility index (Phi) is 10.5. The number of nitriles is 1. The number of hydrogen-bond acceptors (Lipinski definition) is 4. The molecule has 1 saturated heterocycles. The molecule has 7 heteroatoms. The molecular weight excluding hydrogens is 401 g/mol. The molecule has 0 unspecified atom stereocenters. The molecule has 1 atom stereocenters. The Labute approximate surface area is 158 Å². The molecule has 2 N–H and O–H groups in total. The number of phenols is 1. The summed E-state index contributed by atoms with van der Waals surface area (Å²) < 4.78 is 0.579. The molecule has 0 radical (unpaired) electrons. The molecule has 0 aliphatic carbocycles. The zero-order valence-electron chi connectivity index (χ0n) is 12.8. The standard InChI is InChI=1S/C16H20BrN3O.2ClH/c1-2-3-4-15(20-7-5-19-6-8-20)13-9-12(11-18)10-14(17)16(13)21;;/h2,9-10,15,19,21H,1,3-8H2;2*1H/t15-;;/m0../s1. The van der Waals surface area contributed by atoms with Crippen LogP contribution in [0.1, 0.15) is 30.0 Å². The maximum Gasteiger partial charge on any atom is 0.134 e. The predicted molar refractivity (Wildman–Crippen MR) is 102 cm³/mol. The van der Waals surface area contributed by atoms with Gasteiger partial charge in [-0.3, -0.25) is 4.90 Å². The fraction of sp³-hybridized carbons (Fsp3) is 0.438. The van der Waals surface area contributed by atoms with Crippen molar-refractivity contribution in [2.75, 3.05) is 26.2 Å². The van der Waals surface area contributed by atoms with Gasteiger partial charge >= 0.3 is 0 Å². The van der Waals surface area contributed by atoms with Crippen molar-refractivity contribution < 1.29 is 5.11 Å². The lowest BCUT2D eigenvalue weighted by Gasteiger charge is -2.35. The second kappa shape index (κ2) is 10.9. The third kappa shape index (κ3) is 5.66. The maximum atomic E-state index is 10.4. The minimum absolute atomic E-state index is 0. The van der Waals surface area contributed by atoms with Crippen molar-refractivity contribution in [3.63, 3.8) is 0 Å². The van der Waals surface area contributed by atoms with Gasteiger partial charge in [0, 0.05) is 37.8 Å². The van der Waals surface area contributed by atoms with Crippen LogP contribution in [0.15, 0.2) is 29.3 Å². The van der Waals surface area contributed by atoms with Gasteiger partial charge in [0.05, 0.1) is 16.1 Å². The van der Waals surface area contributed by atoms with Gasteiger partial charge in [-0.15, -0.1) is 31.4 Å². The molecule has 128 valence electrons. The molecule has 1 aromatic rings. The number of piperazine rings is 1. The molecule has 2 rings (SSSR count). The van der Waals surface area contributed by atoms with Crippen LogP contribution in [0.3, 0.4) is 0 Å². The average molecular weight is 423 g/mol. The number of aromatic hydroxyl groups is 1. The quantitative estimate of drug-likeness (QED) is 0.708. The van der Waals surface area contributed by atoms with Crippen LogP contribution in [0, 0.1) is 11.3 Å². The normalized spacial score (nSPS) is 15.7. The van der Waals surface area contributed by atoms with Gasteiger partial charge in [0.25, 0.3) is 0 Å². The van der Waals surface area contributed by atoms with Crippen LogP contribution in [0.25, 0.3) is 0 Å². The van der Waals surface area contributed by atoms with E-state index in [1.54, 1.807) is 12.1 Å². The summed E-state index contributed by atoms with van der Waals surface area (Å²) in [7, 11) is 0. The molecule has 1 aliphatic heterocycles. The lowest BCUT2D eigenvalue weighted by Crippen LogP contribution is -2.45. The van der Waals surface area contributed by atoms with E-state index in [-0.39, 0.29) is 36.6 Å². The van der Waals surface area contributed by atoms with Crippen molar-refractivity contribution in [3.8, 4) is 11.8 Å². The fourth-order valence-electron chi connectivity index (χ4n) is 2.74. The minimum Gasteiger partial charge on any atom is -0.506 e. The molecule has 4 nitrogen and oxygen atoms in total. The highest BCUT2D eigenvalue weighted by Crippen LogP contribution is 2.38. The van der Waals surface area contributed by atoms with Gasteiger partial charge in [-0.2, -0.15) is 5.26 Å². The summed E-state index contributed by atoms with van der Waals surface area (Å²) >= 11 is 3.35. The van der Waals surface area contributed by atoms with Gasteiger partial charge in [0.2, 0.25) is 0 Å². The van der Waals surface area contributed by atoms with Gasteiger partial charge in [-0.1, -0.05) is 6.08 Å². The fourth-order valence-corrected chi connectivity index (χ4v) is 3.22. The Morgan fingerprint density at radius 3 is 2.61 bits per heavy atom. The number of nitrogens with zero attached hydrogens (tertiary/aromatic N) is 2. The van der Waals surface area contributed by atoms with E-state index in [1.807, 2.05) is 6.08 Å². The third-order valence-corrected chi connectivity index (χ3v) is 4.42. The summed E-state index contributed by atoms with van der Waals surface area (Å²) in [6, 6.07) is 5.72. The first kappa shape index (κ1) is 22.2. The third-order valence-electron chi connectivity index (χ3n) is 3.82. The van der Waals surface area contributed by atoms with E-state index in [0.717, 1.165) is 44.6 Å². The Bertz CT molecular complexity index is 557. The maximum absolute atomic E-state index is 10.4. The lowest BCUT2D eigenvalue weighted by molar-refractivity contribution is 0.163. The highest BCUT2D eigenvalue weighted by molar-refractivity contribution is 9.10. The molecule has 0 amide bonds. The summed E-state index contributed by atoms with van der Waals surface area (Å²) in [5.41, 5.74) is 1.39. The van der Waals surface area contributed by atoms with E-state index < -0.39 is 0 Å². The number of allylic oxidation sites excluding steroid dienone is 1. The Hall–Kier alpha value is -0.770. The molecule has 0 aromatic heterocycles. The first-order valence-corrected chi connectivity index (χ1v) is 7.95. The van der Waals surface area contributed by atoms with Crippen molar-refractivity contribution in [2.45, 2.75) is 18.9 Å². The Morgan fingerprint density at radius 1 is 1.39 bits per heavy atom. The van der Waals surface area contributed by atoms with E-state index >= 15 is 0 Å². The summed E-state index contributed by atoms with van der Waals surface area (Å²) in [5, 5.41) is 22.9. The van der Waals surface area contributed by atoms with Crippen molar-refractivity contribution in [3.05, 3.63) is 40.4 Å². The number of halogens is 3. The zero-order chi connectivity index (χ0) is 15.2. The molecule has 1 aromatic carbocycles. The van der Waals surface area contributed by atoms with Gasteiger partial charge < -0.3 is 10.4 Å². The van der Waals surface area contributed by atoms with Gasteiger partial charge in [0.15, 0.2) is 0 Å². The van der Waals surface area contributed by atoms with Crippen molar-refractivity contribution in [2.24, 2.45) is 0 Å². The predicted octanol–water partition coefficient (Wildman–Crippen LogP) is 3.78. The molecule has 23 heavy (non-hydrogen) atoms. The molecular formula is C16H22BrCl2N3O. The highest BCUT2D eigenvalue weighted by Gasteiger charge is 2.25. The average Bonchev–Trinajstić information content (AvgIpc) is 2.52. The van der Waals surface area contributed by atoms with E-state index in [0.29, 0.717) is 10.0 Å². The van der Waals surface area contributed by atoms with Crippen molar-refractivity contribution in [1.82, 2.24) is 10.2 Å². The molecule has 1 heterocycles.